The Kier molecular flexibility index (Phi) is 2.32. The van der Waals surface area contributed by atoms with Gasteiger partial charge in [0.15, 0.2) is 5.13 Å². The molecule has 0 unspecified atom stereocenters. The van der Waals surface area contributed by atoms with Crippen molar-refractivity contribution in [3.05, 3.63) is 23.6 Å². The normalized spacial score (nSPS) is 16.0. The van der Waals surface area contributed by atoms with Crippen molar-refractivity contribution in [1.82, 2.24) is 15.0 Å². The predicted molar refractivity (Wildman–Crippen MR) is 64.1 cm³/mol. The Morgan fingerprint density at radius 2 is 2.00 bits per heavy atom. The third-order valence-corrected chi connectivity index (χ3v) is 3.63. The van der Waals surface area contributed by atoms with Crippen molar-refractivity contribution >= 4 is 16.5 Å². The summed E-state index contributed by atoms with van der Waals surface area (Å²) in [4.78, 5) is 13.0. The van der Waals surface area contributed by atoms with Crippen molar-refractivity contribution in [2.75, 3.05) is 5.73 Å². The Hall–Kier alpha value is -1.49. The van der Waals surface area contributed by atoms with Crippen LogP contribution in [0.4, 0.5) is 5.13 Å². The molecule has 1 aliphatic rings. The smallest absolute Gasteiger partial charge is 0.180 e. The van der Waals surface area contributed by atoms with E-state index in [2.05, 4.69) is 15.0 Å². The van der Waals surface area contributed by atoms with Gasteiger partial charge in [0, 0.05) is 29.3 Å². The highest BCUT2D eigenvalue weighted by Crippen LogP contribution is 2.34. The molecule has 0 radical (unpaired) electrons. The fourth-order valence-corrected chi connectivity index (χ4v) is 2.34. The lowest BCUT2D eigenvalue weighted by atomic mass is 9.85. The van der Waals surface area contributed by atoms with E-state index in [-0.39, 0.29) is 0 Å². The zero-order chi connectivity index (χ0) is 11.0. The van der Waals surface area contributed by atoms with Crippen LogP contribution in [0.15, 0.2) is 17.8 Å². The number of aromatic nitrogens is 3. The predicted octanol–water partition coefficient (Wildman–Crippen LogP) is 2.45. The average Bonchev–Trinajstić information content (AvgIpc) is 2.63. The van der Waals surface area contributed by atoms with E-state index in [9.17, 15) is 0 Å². The van der Waals surface area contributed by atoms with Gasteiger partial charge in [0.1, 0.15) is 5.82 Å². The molecule has 16 heavy (non-hydrogen) atoms. The molecule has 0 spiro atoms. The van der Waals surface area contributed by atoms with E-state index in [4.69, 9.17) is 5.73 Å². The van der Waals surface area contributed by atoms with Gasteiger partial charge >= 0.3 is 0 Å². The summed E-state index contributed by atoms with van der Waals surface area (Å²) in [6.07, 6.45) is 7.44. The highest BCUT2D eigenvalue weighted by Gasteiger charge is 2.21. The maximum absolute atomic E-state index is 5.59. The van der Waals surface area contributed by atoms with E-state index in [0.717, 1.165) is 17.1 Å². The number of hydrogen-bond acceptors (Lipinski definition) is 5. The molecule has 1 fully saturated rings. The maximum Gasteiger partial charge on any atom is 0.180 e. The highest BCUT2D eigenvalue weighted by atomic mass is 32.1. The van der Waals surface area contributed by atoms with E-state index in [0.29, 0.717) is 11.0 Å². The molecule has 2 aromatic rings. The van der Waals surface area contributed by atoms with Crippen LogP contribution >= 0.6 is 11.3 Å². The van der Waals surface area contributed by atoms with E-state index in [1.165, 1.54) is 30.6 Å². The summed E-state index contributed by atoms with van der Waals surface area (Å²) in [5.74, 6) is 1.55. The molecule has 0 bridgehead atoms. The van der Waals surface area contributed by atoms with Crippen molar-refractivity contribution in [3.63, 3.8) is 0 Å². The lowest BCUT2D eigenvalue weighted by Gasteiger charge is -2.23. The third kappa shape index (κ3) is 1.67. The Bertz CT molecular complexity index is 487. The zero-order valence-electron chi connectivity index (χ0n) is 8.76. The number of hydrogen-bond donors (Lipinski definition) is 1. The monoisotopic (exact) mass is 232 g/mol. The second-order valence-corrected chi connectivity index (χ2v) is 4.92. The lowest BCUT2D eigenvalue weighted by molar-refractivity contribution is 0.401. The van der Waals surface area contributed by atoms with Crippen LogP contribution in [-0.2, 0) is 0 Å². The quantitative estimate of drug-likeness (QED) is 0.863. The summed E-state index contributed by atoms with van der Waals surface area (Å²) in [6.45, 7) is 0. The molecule has 0 aliphatic heterocycles. The van der Waals surface area contributed by atoms with Crippen molar-refractivity contribution < 1.29 is 0 Å². The molecule has 1 aliphatic carbocycles. The van der Waals surface area contributed by atoms with Crippen molar-refractivity contribution in [3.8, 4) is 11.3 Å². The fourth-order valence-electron chi connectivity index (χ4n) is 1.77. The molecule has 0 saturated heterocycles. The first-order valence-electron chi connectivity index (χ1n) is 5.36. The van der Waals surface area contributed by atoms with Crippen molar-refractivity contribution in [1.29, 1.82) is 0 Å². The summed E-state index contributed by atoms with van der Waals surface area (Å²) in [5, 5.41) is 2.51. The largest absolute Gasteiger partial charge is 0.375 e. The van der Waals surface area contributed by atoms with E-state index >= 15 is 0 Å². The minimum Gasteiger partial charge on any atom is -0.375 e. The van der Waals surface area contributed by atoms with Crippen LogP contribution in [0, 0.1) is 0 Å². The van der Waals surface area contributed by atoms with Gasteiger partial charge in [-0.25, -0.2) is 15.0 Å². The van der Waals surface area contributed by atoms with E-state index < -0.39 is 0 Å². The number of nitrogen functional groups attached to an aromatic ring is 1. The molecule has 0 amide bonds. The van der Waals surface area contributed by atoms with Crippen LogP contribution < -0.4 is 5.73 Å². The Morgan fingerprint density at radius 3 is 2.50 bits per heavy atom. The van der Waals surface area contributed by atoms with Crippen LogP contribution in [0.5, 0.6) is 0 Å². The van der Waals surface area contributed by atoms with Gasteiger partial charge < -0.3 is 5.73 Å². The molecule has 82 valence electrons. The van der Waals surface area contributed by atoms with Gasteiger partial charge in [-0.1, -0.05) is 6.42 Å². The summed E-state index contributed by atoms with van der Waals surface area (Å²) < 4.78 is 0. The molecular formula is C11H12N4S. The molecule has 5 heteroatoms. The third-order valence-electron chi connectivity index (χ3n) is 2.96. The molecular weight excluding hydrogens is 220 g/mol. The topological polar surface area (TPSA) is 64.7 Å². The molecule has 0 aromatic carbocycles. The van der Waals surface area contributed by atoms with Gasteiger partial charge in [-0.05, 0) is 12.8 Å². The maximum atomic E-state index is 5.59. The highest BCUT2D eigenvalue weighted by molar-refractivity contribution is 7.13. The number of anilines is 1. The summed E-state index contributed by atoms with van der Waals surface area (Å²) in [5.41, 5.74) is 7.40. The average molecular weight is 232 g/mol. The first kappa shape index (κ1) is 9.72. The summed E-state index contributed by atoms with van der Waals surface area (Å²) in [6, 6.07) is 0. The van der Waals surface area contributed by atoms with E-state index in [1.54, 1.807) is 0 Å². The molecule has 2 heterocycles. The van der Waals surface area contributed by atoms with Crippen LogP contribution in [0.25, 0.3) is 11.3 Å². The van der Waals surface area contributed by atoms with E-state index in [1.807, 2.05) is 17.8 Å². The Morgan fingerprint density at radius 1 is 1.25 bits per heavy atom. The molecule has 0 atom stereocenters. The van der Waals surface area contributed by atoms with Crippen LogP contribution in [-0.4, -0.2) is 15.0 Å². The number of nitrogens with zero attached hydrogens (tertiary/aromatic N) is 3. The van der Waals surface area contributed by atoms with Crippen LogP contribution in [0.1, 0.15) is 31.0 Å². The molecule has 3 rings (SSSR count). The number of nitrogens with two attached hydrogens (primary N) is 1. The fraction of sp³-hybridized carbons (Fsp3) is 0.364. The first-order valence-corrected chi connectivity index (χ1v) is 6.24. The standard InChI is InChI=1S/C11H12N4S/c12-11-15-9(6-16-11)8-4-13-10(14-5-8)7-2-1-3-7/h4-7H,1-3H2,(H2,12,15). The summed E-state index contributed by atoms with van der Waals surface area (Å²) in [7, 11) is 0. The summed E-state index contributed by atoms with van der Waals surface area (Å²) >= 11 is 1.44. The van der Waals surface area contributed by atoms with Crippen LogP contribution in [0.2, 0.25) is 0 Å². The molecule has 4 nitrogen and oxygen atoms in total. The minimum atomic E-state index is 0.578. The van der Waals surface area contributed by atoms with Gasteiger partial charge in [-0.2, -0.15) is 0 Å². The van der Waals surface area contributed by atoms with Gasteiger partial charge in [0.2, 0.25) is 0 Å². The zero-order valence-corrected chi connectivity index (χ0v) is 9.57. The van der Waals surface area contributed by atoms with Crippen molar-refractivity contribution in [2.45, 2.75) is 25.2 Å². The van der Waals surface area contributed by atoms with Crippen LogP contribution in [0.3, 0.4) is 0 Å². The molecule has 2 N–H and O–H groups in total. The minimum absolute atomic E-state index is 0.578. The second-order valence-electron chi connectivity index (χ2n) is 4.03. The first-order chi connectivity index (χ1) is 7.83. The van der Waals surface area contributed by atoms with Gasteiger partial charge in [-0.15, -0.1) is 11.3 Å². The lowest BCUT2D eigenvalue weighted by Crippen LogP contribution is -2.12. The molecule has 1 saturated carbocycles. The number of rotatable bonds is 2. The van der Waals surface area contributed by atoms with Crippen molar-refractivity contribution in [2.24, 2.45) is 0 Å². The Labute approximate surface area is 97.6 Å². The van der Waals surface area contributed by atoms with Gasteiger partial charge in [0.25, 0.3) is 0 Å². The Balaban J connectivity index is 1.86. The molecule has 2 aromatic heterocycles. The van der Waals surface area contributed by atoms with Gasteiger partial charge in [-0.3, -0.25) is 0 Å². The van der Waals surface area contributed by atoms with Gasteiger partial charge in [0.05, 0.1) is 5.69 Å². The number of thiazole rings is 1. The second kappa shape index (κ2) is 3.83. The SMILES string of the molecule is Nc1nc(-c2cnc(C3CCC3)nc2)cs1.